The minimum atomic E-state index is 0.252. The topological polar surface area (TPSA) is 29.1 Å². The minimum absolute atomic E-state index is 0.252. The van der Waals surface area contributed by atoms with E-state index in [0.717, 1.165) is 42.4 Å². The van der Waals surface area contributed by atoms with Crippen molar-refractivity contribution in [1.82, 2.24) is 5.32 Å². The van der Waals surface area contributed by atoms with Crippen LogP contribution in [0.4, 0.5) is 0 Å². The molecule has 0 heterocycles. The lowest BCUT2D eigenvalue weighted by molar-refractivity contribution is -0.122. The van der Waals surface area contributed by atoms with Gasteiger partial charge in [0, 0.05) is 12.5 Å². The van der Waals surface area contributed by atoms with Crippen molar-refractivity contribution in [2.45, 2.75) is 117 Å². The normalized spacial score (nSPS) is 45.2. The van der Waals surface area contributed by atoms with E-state index >= 15 is 0 Å². The third-order valence-electron chi connectivity index (χ3n) is 10.2. The summed E-state index contributed by atoms with van der Waals surface area (Å²) in [7, 11) is 0. The quantitative estimate of drug-likeness (QED) is 0.556. The van der Waals surface area contributed by atoms with Crippen LogP contribution in [0.2, 0.25) is 0 Å². The van der Waals surface area contributed by atoms with E-state index < -0.39 is 0 Å². The van der Waals surface area contributed by atoms with Gasteiger partial charge in [0.15, 0.2) is 0 Å². The summed E-state index contributed by atoms with van der Waals surface area (Å²) < 4.78 is 0. The van der Waals surface area contributed by atoms with E-state index in [2.05, 4.69) is 33.0 Å². The molecule has 0 aromatic rings. The van der Waals surface area contributed by atoms with Crippen LogP contribution in [0.5, 0.6) is 0 Å². The third kappa shape index (κ3) is 3.56. The highest BCUT2D eigenvalue weighted by atomic mass is 16.1. The summed E-state index contributed by atoms with van der Waals surface area (Å²) in [6.45, 7) is 9.45. The zero-order valence-electron chi connectivity index (χ0n) is 19.1. The number of hydrogen-bond donors (Lipinski definition) is 1. The first kappa shape index (κ1) is 20.7. The molecule has 0 radical (unpaired) electrons. The van der Waals surface area contributed by atoms with Gasteiger partial charge in [0.2, 0.25) is 5.91 Å². The lowest BCUT2D eigenvalue weighted by atomic mass is 9.45. The fraction of sp³-hybridized carbons (Fsp3) is 0.962. The van der Waals surface area contributed by atoms with Gasteiger partial charge in [-0.2, -0.15) is 0 Å². The van der Waals surface area contributed by atoms with E-state index in [4.69, 9.17) is 0 Å². The van der Waals surface area contributed by atoms with E-state index in [-0.39, 0.29) is 11.9 Å². The first-order chi connectivity index (χ1) is 13.3. The van der Waals surface area contributed by atoms with Gasteiger partial charge in [-0.05, 0) is 118 Å². The fourth-order valence-electron chi connectivity index (χ4n) is 8.78. The first-order valence-electron chi connectivity index (χ1n) is 12.6. The molecule has 1 N–H and O–H groups in total. The summed E-state index contributed by atoms with van der Waals surface area (Å²) in [6.07, 6.45) is 18.0. The molecule has 28 heavy (non-hydrogen) atoms. The molecule has 4 aliphatic carbocycles. The average molecular weight is 388 g/mol. The maximum atomic E-state index is 12.0. The lowest BCUT2D eigenvalue weighted by Gasteiger charge is -2.60. The summed E-state index contributed by atoms with van der Waals surface area (Å²) >= 11 is 0. The van der Waals surface area contributed by atoms with E-state index in [9.17, 15) is 4.79 Å². The zero-order chi connectivity index (χ0) is 19.9. The van der Waals surface area contributed by atoms with Gasteiger partial charge in [0.05, 0.1) is 0 Å². The van der Waals surface area contributed by atoms with Crippen molar-refractivity contribution < 1.29 is 4.79 Å². The minimum Gasteiger partial charge on any atom is -0.354 e. The number of nitrogens with one attached hydrogen (secondary N) is 1. The van der Waals surface area contributed by atoms with Gasteiger partial charge in [0.25, 0.3) is 0 Å². The van der Waals surface area contributed by atoms with Crippen molar-refractivity contribution in [3.05, 3.63) is 0 Å². The van der Waals surface area contributed by atoms with Crippen LogP contribution in [0.15, 0.2) is 0 Å². The Balaban J connectivity index is 1.39. The molecule has 7 atom stereocenters. The molecular formula is C26H45NO. The Labute approximate surface area is 174 Å². The molecule has 2 heteroatoms. The molecule has 4 aliphatic rings. The van der Waals surface area contributed by atoms with Crippen LogP contribution >= 0.6 is 0 Å². The largest absolute Gasteiger partial charge is 0.354 e. The van der Waals surface area contributed by atoms with Crippen LogP contribution in [0.25, 0.3) is 0 Å². The molecular weight excluding hydrogens is 342 g/mol. The molecule has 4 rings (SSSR count). The second-order valence-electron chi connectivity index (χ2n) is 11.8. The number of rotatable bonds is 5. The number of hydrogen-bond acceptors (Lipinski definition) is 1. The van der Waals surface area contributed by atoms with Crippen molar-refractivity contribution in [2.75, 3.05) is 0 Å². The maximum absolute atomic E-state index is 12.0. The number of fused-ring (bicyclic) bond motifs is 5. The summed E-state index contributed by atoms with van der Waals surface area (Å²) in [4.78, 5) is 12.0. The molecule has 0 spiro atoms. The molecule has 0 aliphatic heterocycles. The Hall–Kier alpha value is -0.530. The Morgan fingerprint density at radius 1 is 0.929 bits per heavy atom. The standard InChI is InChI=1S/C26H45NO/c1-18(2)27-24(28)10-7-9-20-12-14-22-21-13-11-19-8-5-6-16-25(19,3)23(21)15-17-26(20,22)4/h18-23H,5-17H2,1-4H3,(H,27,28). The summed E-state index contributed by atoms with van der Waals surface area (Å²) in [5.41, 5.74) is 1.23. The smallest absolute Gasteiger partial charge is 0.220 e. The van der Waals surface area contributed by atoms with Gasteiger partial charge in [-0.1, -0.05) is 26.7 Å². The second-order valence-corrected chi connectivity index (χ2v) is 11.8. The Morgan fingerprint density at radius 2 is 1.71 bits per heavy atom. The summed E-state index contributed by atoms with van der Waals surface area (Å²) in [5.74, 6) is 5.14. The SMILES string of the molecule is CC(C)NC(=O)CCCC1CCC2C3CCC4CCCCC4(C)C3CCC12C. The van der Waals surface area contributed by atoms with Gasteiger partial charge < -0.3 is 5.32 Å². The van der Waals surface area contributed by atoms with Gasteiger partial charge in [0.1, 0.15) is 0 Å². The average Bonchev–Trinajstić information content (AvgIpc) is 2.97. The molecule has 7 unspecified atom stereocenters. The summed E-state index contributed by atoms with van der Waals surface area (Å²) in [6, 6.07) is 0.271. The molecule has 2 nitrogen and oxygen atoms in total. The van der Waals surface area contributed by atoms with Crippen LogP contribution in [0.3, 0.4) is 0 Å². The number of carbonyl (C=O) groups excluding carboxylic acids is 1. The van der Waals surface area contributed by atoms with Crippen LogP contribution in [0.1, 0.15) is 111 Å². The second kappa shape index (κ2) is 7.95. The highest BCUT2D eigenvalue weighted by molar-refractivity contribution is 5.76. The number of carbonyl (C=O) groups is 1. The van der Waals surface area contributed by atoms with Crippen LogP contribution < -0.4 is 5.32 Å². The van der Waals surface area contributed by atoms with Gasteiger partial charge in [-0.3, -0.25) is 4.79 Å². The van der Waals surface area contributed by atoms with E-state index in [1.807, 2.05) is 0 Å². The third-order valence-corrected chi connectivity index (χ3v) is 10.2. The van der Waals surface area contributed by atoms with Crippen molar-refractivity contribution in [3.8, 4) is 0 Å². The first-order valence-corrected chi connectivity index (χ1v) is 12.6. The van der Waals surface area contributed by atoms with Crippen LogP contribution in [-0.2, 0) is 4.79 Å². The molecule has 0 aromatic heterocycles. The predicted octanol–water partition coefficient (Wildman–Crippen LogP) is 6.73. The van der Waals surface area contributed by atoms with Crippen molar-refractivity contribution in [2.24, 2.45) is 40.4 Å². The highest BCUT2D eigenvalue weighted by Gasteiger charge is 2.59. The lowest BCUT2D eigenvalue weighted by Crippen LogP contribution is -2.52. The Bertz CT molecular complexity index is 571. The fourth-order valence-corrected chi connectivity index (χ4v) is 8.78. The molecule has 0 aromatic carbocycles. The van der Waals surface area contributed by atoms with E-state index in [0.29, 0.717) is 10.8 Å². The Morgan fingerprint density at radius 3 is 2.50 bits per heavy atom. The van der Waals surface area contributed by atoms with Crippen LogP contribution in [0, 0.1) is 40.4 Å². The van der Waals surface area contributed by atoms with Crippen LogP contribution in [-0.4, -0.2) is 11.9 Å². The maximum Gasteiger partial charge on any atom is 0.220 e. The van der Waals surface area contributed by atoms with E-state index in [1.165, 1.54) is 70.6 Å². The predicted molar refractivity (Wildman–Crippen MR) is 117 cm³/mol. The van der Waals surface area contributed by atoms with Crippen molar-refractivity contribution in [3.63, 3.8) is 0 Å². The van der Waals surface area contributed by atoms with Crippen molar-refractivity contribution in [1.29, 1.82) is 0 Å². The van der Waals surface area contributed by atoms with Gasteiger partial charge in [-0.15, -0.1) is 0 Å². The molecule has 1 amide bonds. The monoisotopic (exact) mass is 387 g/mol. The molecule has 0 bridgehead atoms. The Kier molecular flexibility index (Phi) is 5.89. The zero-order valence-corrected chi connectivity index (χ0v) is 19.1. The molecule has 160 valence electrons. The molecule has 4 saturated carbocycles. The van der Waals surface area contributed by atoms with Crippen molar-refractivity contribution >= 4 is 5.91 Å². The number of amides is 1. The van der Waals surface area contributed by atoms with E-state index in [1.54, 1.807) is 0 Å². The summed E-state index contributed by atoms with van der Waals surface area (Å²) in [5, 5.41) is 3.06. The highest BCUT2D eigenvalue weighted by Crippen LogP contribution is 2.67. The molecule has 0 saturated heterocycles. The van der Waals surface area contributed by atoms with Gasteiger partial charge in [-0.25, -0.2) is 0 Å². The molecule has 4 fully saturated rings. The van der Waals surface area contributed by atoms with Gasteiger partial charge >= 0.3 is 0 Å².